The molecule has 0 radical (unpaired) electrons. The molecule has 3 heteroatoms. The lowest BCUT2D eigenvalue weighted by atomic mass is 10.1. The van der Waals surface area contributed by atoms with Crippen molar-refractivity contribution in [3.8, 4) is 5.75 Å². The quantitative estimate of drug-likeness (QED) is 0.861. The smallest absolute Gasteiger partial charge is 0.133 e. The zero-order valence-electron chi connectivity index (χ0n) is 11.4. The van der Waals surface area contributed by atoms with Crippen LogP contribution in [0.4, 0.5) is 5.69 Å². The summed E-state index contributed by atoms with van der Waals surface area (Å²) in [6, 6.07) is 14.8. The molecule has 0 saturated carbocycles. The number of hydrogen-bond acceptors (Lipinski definition) is 2. The van der Waals surface area contributed by atoms with Gasteiger partial charge in [-0.15, -0.1) is 0 Å². The first kappa shape index (κ1) is 13.9. The van der Waals surface area contributed by atoms with E-state index in [0.29, 0.717) is 0 Å². The van der Waals surface area contributed by atoms with Gasteiger partial charge < -0.3 is 10.1 Å². The summed E-state index contributed by atoms with van der Waals surface area (Å²) in [7, 11) is 1.67. The molecular weight excluding hydrogens is 302 g/mol. The molecule has 1 N–H and O–H groups in total. The molecule has 2 nitrogen and oxygen atoms in total. The van der Waals surface area contributed by atoms with E-state index in [0.717, 1.165) is 15.9 Å². The molecule has 2 aromatic rings. The highest BCUT2D eigenvalue weighted by Gasteiger charge is 2.08. The summed E-state index contributed by atoms with van der Waals surface area (Å²) in [6.45, 7) is 4.24. The van der Waals surface area contributed by atoms with Crippen molar-refractivity contribution in [1.82, 2.24) is 0 Å². The second-order valence-corrected chi connectivity index (χ2v) is 5.48. The summed E-state index contributed by atoms with van der Waals surface area (Å²) in [5.74, 6) is 0.853. The van der Waals surface area contributed by atoms with Gasteiger partial charge in [-0.05, 0) is 59.6 Å². The predicted octanol–water partition coefficient (Wildman–Crippen LogP) is 4.94. The Labute approximate surface area is 122 Å². The molecule has 0 saturated heterocycles. The minimum Gasteiger partial charge on any atom is -0.496 e. The Morgan fingerprint density at radius 3 is 2.37 bits per heavy atom. The van der Waals surface area contributed by atoms with Crippen molar-refractivity contribution in [1.29, 1.82) is 0 Å². The van der Waals surface area contributed by atoms with Crippen molar-refractivity contribution in [3.63, 3.8) is 0 Å². The highest BCUT2D eigenvalue weighted by Crippen LogP contribution is 2.29. The van der Waals surface area contributed by atoms with E-state index in [1.54, 1.807) is 7.11 Å². The first-order chi connectivity index (χ1) is 9.10. The molecule has 1 unspecified atom stereocenters. The number of methoxy groups -OCH3 is 1. The number of hydrogen-bond donors (Lipinski definition) is 1. The third-order valence-corrected chi connectivity index (χ3v) is 3.73. The van der Waals surface area contributed by atoms with Gasteiger partial charge in [-0.25, -0.2) is 0 Å². The topological polar surface area (TPSA) is 21.3 Å². The molecule has 0 heterocycles. The van der Waals surface area contributed by atoms with E-state index < -0.39 is 0 Å². The second-order valence-electron chi connectivity index (χ2n) is 4.63. The van der Waals surface area contributed by atoms with Gasteiger partial charge in [0.25, 0.3) is 0 Å². The van der Waals surface area contributed by atoms with Gasteiger partial charge in [-0.1, -0.05) is 23.8 Å². The molecule has 1 atom stereocenters. The zero-order chi connectivity index (χ0) is 13.8. The highest BCUT2D eigenvalue weighted by molar-refractivity contribution is 9.10. The lowest BCUT2D eigenvalue weighted by Crippen LogP contribution is -2.06. The molecule has 0 fully saturated rings. The largest absolute Gasteiger partial charge is 0.496 e. The third kappa shape index (κ3) is 3.51. The van der Waals surface area contributed by atoms with Crippen LogP contribution in [0.3, 0.4) is 0 Å². The maximum atomic E-state index is 5.24. The lowest BCUT2D eigenvalue weighted by Gasteiger charge is -2.17. The molecule has 2 aromatic carbocycles. The fourth-order valence-corrected chi connectivity index (χ4v) is 2.49. The number of ether oxygens (including phenoxy) is 1. The van der Waals surface area contributed by atoms with E-state index in [-0.39, 0.29) is 6.04 Å². The van der Waals surface area contributed by atoms with Crippen LogP contribution in [0.2, 0.25) is 0 Å². The Morgan fingerprint density at radius 1 is 1.11 bits per heavy atom. The van der Waals surface area contributed by atoms with Gasteiger partial charge in [0.2, 0.25) is 0 Å². The molecule has 2 rings (SSSR count). The summed E-state index contributed by atoms with van der Waals surface area (Å²) in [6.07, 6.45) is 0. The minimum absolute atomic E-state index is 0.241. The first-order valence-electron chi connectivity index (χ1n) is 6.27. The maximum absolute atomic E-state index is 5.24. The van der Waals surface area contributed by atoms with E-state index >= 15 is 0 Å². The first-order valence-corrected chi connectivity index (χ1v) is 7.06. The molecule has 0 bridgehead atoms. The Morgan fingerprint density at radius 2 is 1.79 bits per heavy atom. The van der Waals surface area contributed by atoms with Crippen molar-refractivity contribution < 1.29 is 4.74 Å². The van der Waals surface area contributed by atoms with Crippen LogP contribution in [0.1, 0.15) is 24.1 Å². The average Bonchev–Trinajstić information content (AvgIpc) is 2.41. The number of benzene rings is 2. The fraction of sp³-hybridized carbons (Fsp3) is 0.250. The Kier molecular flexibility index (Phi) is 4.48. The Balaban J connectivity index is 2.13. The molecule has 0 amide bonds. The maximum Gasteiger partial charge on any atom is 0.133 e. The summed E-state index contributed by atoms with van der Waals surface area (Å²) in [5.41, 5.74) is 3.61. The van der Waals surface area contributed by atoms with Gasteiger partial charge in [0, 0.05) is 11.7 Å². The van der Waals surface area contributed by atoms with Crippen LogP contribution in [0, 0.1) is 6.92 Å². The molecule has 0 aliphatic carbocycles. The normalized spacial score (nSPS) is 12.0. The van der Waals surface area contributed by atoms with Crippen LogP contribution in [0.15, 0.2) is 46.9 Å². The van der Waals surface area contributed by atoms with Gasteiger partial charge in [-0.2, -0.15) is 0 Å². The number of aryl methyl sites for hydroxylation is 1. The minimum atomic E-state index is 0.241. The SMILES string of the molecule is COc1ccc(C(C)Nc2ccc(C)cc2)cc1Br. The summed E-state index contributed by atoms with van der Waals surface area (Å²) in [5, 5.41) is 3.49. The monoisotopic (exact) mass is 319 g/mol. The van der Waals surface area contributed by atoms with Gasteiger partial charge >= 0.3 is 0 Å². The standard InChI is InChI=1S/C16H18BrNO/c1-11-4-7-14(8-5-11)18-12(2)13-6-9-16(19-3)15(17)10-13/h4-10,12,18H,1-3H3. The second kappa shape index (κ2) is 6.11. The molecule has 0 aromatic heterocycles. The van der Waals surface area contributed by atoms with E-state index in [4.69, 9.17) is 4.74 Å². The molecule has 0 spiro atoms. The molecule has 19 heavy (non-hydrogen) atoms. The summed E-state index contributed by atoms with van der Waals surface area (Å²) >= 11 is 3.52. The van der Waals surface area contributed by atoms with E-state index in [9.17, 15) is 0 Å². The van der Waals surface area contributed by atoms with Crippen molar-refractivity contribution in [3.05, 3.63) is 58.1 Å². The van der Waals surface area contributed by atoms with E-state index in [1.807, 2.05) is 6.07 Å². The number of anilines is 1. The summed E-state index contributed by atoms with van der Waals surface area (Å²) < 4.78 is 6.22. The van der Waals surface area contributed by atoms with Crippen molar-refractivity contribution >= 4 is 21.6 Å². The number of halogens is 1. The van der Waals surface area contributed by atoms with Crippen LogP contribution in [-0.2, 0) is 0 Å². The van der Waals surface area contributed by atoms with Crippen LogP contribution >= 0.6 is 15.9 Å². The van der Waals surface area contributed by atoms with Crippen LogP contribution in [-0.4, -0.2) is 7.11 Å². The predicted molar refractivity (Wildman–Crippen MR) is 83.9 cm³/mol. The Hall–Kier alpha value is -1.48. The number of rotatable bonds is 4. The van der Waals surface area contributed by atoms with Crippen molar-refractivity contribution in [2.24, 2.45) is 0 Å². The van der Waals surface area contributed by atoms with Gasteiger partial charge in [0.05, 0.1) is 11.6 Å². The third-order valence-electron chi connectivity index (χ3n) is 3.11. The van der Waals surface area contributed by atoms with E-state index in [2.05, 4.69) is 71.5 Å². The molecule has 0 aliphatic rings. The van der Waals surface area contributed by atoms with E-state index in [1.165, 1.54) is 11.1 Å². The molecule has 0 aliphatic heterocycles. The Bertz CT molecular complexity index is 551. The highest BCUT2D eigenvalue weighted by atomic mass is 79.9. The zero-order valence-corrected chi connectivity index (χ0v) is 13.0. The van der Waals surface area contributed by atoms with Crippen LogP contribution in [0.5, 0.6) is 5.75 Å². The van der Waals surface area contributed by atoms with Gasteiger partial charge in [0.15, 0.2) is 0 Å². The molecular formula is C16H18BrNO. The van der Waals surface area contributed by atoms with Crippen LogP contribution < -0.4 is 10.1 Å². The van der Waals surface area contributed by atoms with Crippen molar-refractivity contribution in [2.75, 3.05) is 12.4 Å². The van der Waals surface area contributed by atoms with Gasteiger partial charge in [-0.3, -0.25) is 0 Å². The number of nitrogens with one attached hydrogen (secondary N) is 1. The van der Waals surface area contributed by atoms with Crippen molar-refractivity contribution in [2.45, 2.75) is 19.9 Å². The van der Waals surface area contributed by atoms with Gasteiger partial charge in [0.1, 0.15) is 5.75 Å². The fourth-order valence-electron chi connectivity index (χ4n) is 1.94. The average molecular weight is 320 g/mol. The molecule has 100 valence electrons. The van der Waals surface area contributed by atoms with Crippen LogP contribution in [0.25, 0.3) is 0 Å². The lowest BCUT2D eigenvalue weighted by molar-refractivity contribution is 0.412. The summed E-state index contributed by atoms with van der Waals surface area (Å²) in [4.78, 5) is 0.